The Bertz CT molecular complexity index is 437. The fourth-order valence-corrected chi connectivity index (χ4v) is 2.42. The molecule has 1 aliphatic heterocycles. The lowest BCUT2D eigenvalue weighted by Gasteiger charge is -2.28. The molecule has 0 bridgehead atoms. The van der Waals surface area contributed by atoms with Crippen molar-refractivity contribution in [3.8, 4) is 6.07 Å². The van der Waals surface area contributed by atoms with E-state index in [0.717, 1.165) is 25.3 Å². The van der Waals surface area contributed by atoms with Crippen molar-refractivity contribution in [1.29, 1.82) is 5.26 Å². The van der Waals surface area contributed by atoms with Crippen molar-refractivity contribution in [2.45, 2.75) is 18.9 Å². The third-order valence-corrected chi connectivity index (χ3v) is 3.43. The van der Waals surface area contributed by atoms with Crippen molar-refractivity contribution in [2.24, 2.45) is 0 Å². The third kappa shape index (κ3) is 3.66. The molecule has 2 heterocycles. The fourth-order valence-electron chi connectivity index (χ4n) is 2.42. The summed E-state index contributed by atoms with van der Waals surface area (Å²) in [6, 6.07) is 4.49. The summed E-state index contributed by atoms with van der Waals surface area (Å²) in [4.78, 5) is 6.34. The average Bonchev–Trinajstić information content (AvgIpc) is 2.96. The first-order valence-electron chi connectivity index (χ1n) is 6.66. The Morgan fingerprint density at radius 3 is 3.21 bits per heavy atom. The predicted molar refractivity (Wildman–Crippen MR) is 74.1 cm³/mol. The van der Waals surface area contributed by atoms with E-state index in [1.54, 1.807) is 25.6 Å². The van der Waals surface area contributed by atoms with Crippen molar-refractivity contribution in [2.75, 3.05) is 38.3 Å². The van der Waals surface area contributed by atoms with Gasteiger partial charge in [-0.25, -0.2) is 0 Å². The SMILES string of the molecule is COCCN(CC1CCCN1)c1cnccc1C#N. The van der Waals surface area contributed by atoms with Crippen LogP contribution in [0.3, 0.4) is 0 Å². The van der Waals surface area contributed by atoms with E-state index in [1.807, 2.05) is 0 Å². The number of aromatic nitrogens is 1. The molecule has 1 unspecified atom stereocenters. The highest BCUT2D eigenvalue weighted by molar-refractivity contribution is 5.57. The number of nitriles is 1. The van der Waals surface area contributed by atoms with Crippen molar-refractivity contribution in [1.82, 2.24) is 10.3 Å². The molecule has 5 heteroatoms. The van der Waals surface area contributed by atoms with Crippen molar-refractivity contribution in [3.63, 3.8) is 0 Å². The summed E-state index contributed by atoms with van der Waals surface area (Å²) in [6.45, 7) is 3.40. The Morgan fingerprint density at radius 2 is 2.53 bits per heavy atom. The van der Waals surface area contributed by atoms with Gasteiger partial charge in [-0.05, 0) is 25.5 Å². The summed E-state index contributed by atoms with van der Waals surface area (Å²) in [5.41, 5.74) is 1.57. The lowest BCUT2D eigenvalue weighted by atomic mass is 10.1. The minimum Gasteiger partial charge on any atom is -0.383 e. The second kappa shape index (κ2) is 7.07. The van der Waals surface area contributed by atoms with Crippen LogP contribution in [0.5, 0.6) is 0 Å². The summed E-state index contributed by atoms with van der Waals surface area (Å²) >= 11 is 0. The molecule has 1 fully saturated rings. The van der Waals surface area contributed by atoms with Crippen LogP contribution >= 0.6 is 0 Å². The van der Waals surface area contributed by atoms with Gasteiger partial charge >= 0.3 is 0 Å². The molecule has 1 aromatic rings. The molecule has 0 saturated carbocycles. The zero-order chi connectivity index (χ0) is 13.5. The maximum Gasteiger partial charge on any atom is 0.101 e. The monoisotopic (exact) mass is 260 g/mol. The van der Waals surface area contributed by atoms with E-state index in [9.17, 15) is 5.26 Å². The van der Waals surface area contributed by atoms with Gasteiger partial charge in [0.15, 0.2) is 0 Å². The van der Waals surface area contributed by atoms with Crippen molar-refractivity contribution >= 4 is 5.69 Å². The molecule has 1 aromatic heterocycles. The molecule has 0 amide bonds. The Labute approximate surface area is 114 Å². The molecule has 0 spiro atoms. The van der Waals surface area contributed by atoms with E-state index in [0.29, 0.717) is 18.2 Å². The van der Waals surface area contributed by atoms with Gasteiger partial charge in [-0.1, -0.05) is 0 Å². The van der Waals surface area contributed by atoms with Crippen molar-refractivity contribution < 1.29 is 4.74 Å². The normalized spacial score (nSPS) is 18.2. The molecular formula is C14H20N4O. The second-order valence-electron chi connectivity index (χ2n) is 4.74. The summed E-state index contributed by atoms with van der Waals surface area (Å²) in [7, 11) is 1.69. The number of nitrogens with zero attached hydrogens (tertiary/aromatic N) is 3. The minimum absolute atomic E-state index is 0.489. The highest BCUT2D eigenvalue weighted by Gasteiger charge is 2.19. The summed E-state index contributed by atoms with van der Waals surface area (Å²) < 4.78 is 5.17. The van der Waals surface area contributed by atoms with Crippen LogP contribution in [0, 0.1) is 11.3 Å². The lowest BCUT2D eigenvalue weighted by Crippen LogP contribution is -2.39. The van der Waals surface area contributed by atoms with Crippen LogP contribution < -0.4 is 10.2 Å². The number of hydrogen-bond donors (Lipinski definition) is 1. The standard InChI is InChI=1S/C14H20N4O/c1-19-8-7-18(11-13-3-2-5-17-13)14-10-16-6-4-12(14)9-15/h4,6,10,13,17H,2-3,5,7-8,11H2,1H3. The first-order valence-corrected chi connectivity index (χ1v) is 6.66. The molecule has 102 valence electrons. The summed E-state index contributed by atoms with van der Waals surface area (Å²) in [5.74, 6) is 0. The van der Waals surface area contributed by atoms with Gasteiger partial charge in [-0.2, -0.15) is 5.26 Å². The number of ether oxygens (including phenoxy) is 1. The van der Waals surface area contributed by atoms with Crippen molar-refractivity contribution in [3.05, 3.63) is 24.0 Å². The van der Waals surface area contributed by atoms with Gasteiger partial charge in [0.1, 0.15) is 6.07 Å². The van der Waals surface area contributed by atoms with Gasteiger partial charge < -0.3 is 15.0 Å². The Morgan fingerprint density at radius 1 is 1.63 bits per heavy atom. The van der Waals surface area contributed by atoms with E-state index in [2.05, 4.69) is 21.3 Å². The predicted octanol–water partition coefficient (Wildman–Crippen LogP) is 1.16. The molecule has 5 nitrogen and oxygen atoms in total. The number of hydrogen-bond acceptors (Lipinski definition) is 5. The highest BCUT2D eigenvalue weighted by Crippen LogP contribution is 2.20. The molecule has 1 saturated heterocycles. The quantitative estimate of drug-likeness (QED) is 0.831. The van der Waals surface area contributed by atoms with Crippen LogP contribution in [0.4, 0.5) is 5.69 Å². The van der Waals surface area contributed by atoms with Gasteiger partial charge in [0.2, 0.25) is 0 Å². The molecule has 0 radical (unpaired) electrons. The van der Waals surface area contributed by atoms with E-state index >= 15 is 0 Å². The van der Waals surface area contributed by atoms with E-state index in [1.165, 1.54) is 12.8 Å². The van der Waals surface area contributed by atoms with E-state index < -0.39 is 0 Å². The third-order valence-electron chi connectivity index (χ3n) is 3.43. The van der Waals surface area contributed by atoms with Gasteiger partial charge in [0.25, 0.3) is 0 Å². The number of anilines is 1. The van der Waals surface area contributed by atoms with Crippen LogP contribution in [0.25, 0.3) is 0 Å². The molecule has 0 aliphatic carbocycles. The summed E-state index contributed by atoms with van der Waals surface area (Å²) in [5, 5.41) is 12.7. The molecule has 0 aromatic carbocycles. The zero-order valence-corrected chi connectivity index (χ0v) is 11.3. The summed E-state index contributed by atoms with van der Waals surface area (Å²) in [6.07, 6.45) is 5.83. The molecule has 19 heavy (non-hydrogen) atoms. The lowest BCUT2D eigenvalue weighted by molar-refractivity contribution is 0.204. The fraction of sp³-hybridized carbons (Fsp3) is 0.571. The Balaban J connectivity index is 2.13. The van der Waals surface area contributed by atoms with Crippen LogP contribution in [0.1, 0.15) is 18.4 Å². The topological polar surface area (TPSA) is 61.2 Å². The Kier molecular flexibility index (Phi) is 5.13. The van der Waals surface area contributed by atoms with Crippen LogP contribution in [-0.4, -0.2) is 44.4 Å². The number of rotatable bonds is 6. The molecule has 1 aliphatic rings. The first kappa shape index (κ1) is 13.8. The van der Waals surface area contributed by atoms with E-state index in [-0.39, 0.29) is 0 Å². The van der Waals surface area contributed by atoms with Crippen LogP contribution in [0.15, 0.2) is 18.5 Å². The van der Waals surface area contributed by atoms with Gasteiger partial charge in [-0.15, -0.1) is 0 Å². The van der Waals surface area contributed by atoms with Crippen LogP contribution in [0.2, 0.25) is 0 Å². The van der Waals surface area contributed by atoms with E-state index in [4.69, 9.17) is 4.74 Å². The molecule has 2 rings (SSSR count). The number of nitrogens with one attached hydrogen (secondary N) is 1. The second-order valence-corrected chi connectivity index (χ2v) is 4.74. The Hall–Kier alpha value is -1.64. The maximum atomic E-state index is 9.20. The minimum atomic E-state index is 0.489. The smallest absolute Gasteiger partial charge is 0.101 e. The largest absolute Gasteiger partial charge is 0.383 e. The average molecular weight is 260 g/mol. The highest BCUT2D eigenvalue weighted by atomic mass is 16.5. The maximum absolute atomic E-state index is 9.20. The molecule has 1 N–H and O–H groups in total. The zero-order valence-electron chi connectivity index (χ0n) is 11.3. The van der Waals surface area contributed by atoms with Gasteiger partial charge in [0.05, 0.1) is 24.1 Å². The van der Waals surface area contributed by atoms with Gasteiger partial charge in [-0.3, -0.25) is 4.98 Å². The van der Waals surface area contributed by atoms with Gasteiger partial charge in [0, 0.05) is 32.4 Å². The number of methoxy groups -OCH3 is 1. The number of pyridine rings is 1. The molecule has 1 atom stereocenters. The van der Waals surface area contributed by atoms with Crippen LogP contribution in [-0.2, 0) is 4.74 Å². The first-order chi connectivity index (χ1) is 9.35. The molecular weight excluding hydrogens is 240 g/mol.